The molecule has 1 atom stereocenters. The van der Waals surface area contributed by atoms with Gasteiger partial charge in [-0.3, -0.25) is 0 Å². The molecule has 88 valence electrons. The normalized spacial score (nSPS) is 19.5. The molecular weight excluding hydrogens is 236 g/mol. The van der Waals surface area contributed by atoms with Crippen molar-refractivity contribution in [3.63, 3.8) is 0 Å². The first-order chi connectivity index (χ1) is 8.27. The molecule has 1 N–H and O–H groups in total. The Balaban J connectivity index is 2.34. The quantitative estimate of drug-likeness (QED) is 0.770. The topological polar surface area (TPSA) is 29.5 Å². The Labute approximate surface area is 105 Å². The zero-order valence-electron chi connectivity index (χ0n) is 9.32. The Hall–Kier alpha value is -1.25. The van der Waals surface area contributed by atoms with Crippen LogP contribution in [0.1, 0.15) is 24.5 Å². The predicted molar refractivity (Wildman–Crippen MR) is 68.6 cm³/mol. The van der Waals surface area contributed by atoms with Crippen LogP contribution in [0.4, 0.5) is 0 Å². The summed E-state index contributed by atoms with van der Waals surface area (Å²) < 4.78 is 5.77. The second-order valence-electron chi connectivity index (χ2n) is 4.33. The lowest BCUT2D eigenvalue weighted by Gasteiger charge is -2.14. The fourth-order valence-electron chi connectivity index (χ4n) is 2.34. The molecule has 0 aromatic heterocycles. The van der Waals surface area contributed by atoms with E-state index < -0.39 is 6.10 Å². The number of aliphatic hydroxyl groups is 1. The van der Waals surface area contributed by atoms with Crippen LogP contribution in [0.2, 0.25) is 5.02 Å². The zero-order chi connectivity index (χ0) is 11.8. The van der Waals surface area contributed by atoms with Crippen molar-refractivity contribution < 1.29 is 9.84 Å². The molecule has 2 aromatic rings. The monoisotopic (exact) mass is 248 g/mol. The molecule has 1 aliphatic rings. The molecule has 3 rings (SSSR count). The van der Waals surface area contributed by atoms with Crippen molar-refractivity contribution in [2.45, 2.75) is 18.9 Å². The summed E-state index contributed by atoms with van der Waals surface area (Å²) in [5.41, 5.74) is 0.811. The van der Waals surface area contributed by atoms with Gasteiger partial charge in [0.15, 0.2) is 0 Å². The maximum Gasteiger partial charge on any atom is 0.133 e. The second kappa shape index (κ2) is 4.21. The van der Waals surface area contributed by atoms with Gasteiger partial charge in [0.2, 0.25) is 0 Å². The molecule has 2 aromatic carbocycles. The molecule has 0 unspecified atom stereocenters. The molecule has 0 fully saturated rings. The van der Waals surface area contributed by atoms with Gasteiger partial charge in [-0.25, -0.2) is 0 Å². The molecular formula is C14H13ClO2. The molecule has 2 nitrogen and oxygen atoms in total. The molecule has 0 aliphatic carbocycles. The largest absolute Gasteiger partial charge is 0.493 e. The molecule has 3 heteroatoms. The van der Waals surface area contributed by atoms with E-state index in [0.717, 1.165) is 34.9 Å². The van der Waals surface area contributed by atoms with Gasteiger partial charge in [-0.15, -0.1) is 0 Å². The van der Waals surface area contributed by atoms with Crippen molar-refractivity contribution in [1.82, 2.24) is 0 Å². The van der Waals surface area contributed by atoms with Gasteiger partial charge >= 0.3 is 0 Å². The predicted octanol–water partition coefficient (Wildman–Crippen LogP) is 3.70. The SMILES string of the molecule is O[C@H]1CCCOc2c1cc(Cl)c1ccccc21. The molecule has 1 aliphatic heterocycles. The van der Waals surface area contributed by atoms with Crippen LogP contribution in [0.15, 0.2) is 30.3 Å². The maximum absolute atomic E-state index is 10.1. The minimum Gasteiger partial charge on any atom is -0.493 e. The molecule has 0 saturated heterocycles. The third-order valence-electron chi connectivity index (χ3n) is 3.20. The number of ether oxygens (including phenoxy) is 1. The highest BCUT2D eigenvalue weighted by Gasteiger charge is 2.21. The van der Waals surface area contributed by atoms with E-state index in [0.29, 0.717) is 11.6 Å². The van der Waals surface area contributed by atoms with Gasteiger partial charge in [-0.2, -0.15) is 0 Å². The van der Waals surface area contributed by atoms with Crippen molar-refractivity contribution in [2.75, 3.05) is 6.61 Å². The van der Waals surface area contributed by atoms with Crippen molar-refractivity contribution in [3.05, 3.63) is 40.9 Å². The van der Waals surface area contributed by atoms with Crippen LogP contribution in [0.25, 0.3) is 10.8 Å². The first-order valence-corrected chi connectivity index (χ1v) is 6.17. The number of rotatable bonds is 0. The van der Waals surface area contributed by atoms with E-state index in [9.17, 15) is 5.11 Å². The van der Waals surface area contributed by atoms with Crippen molar-refractivity contribution in [2.24, 2.45) is 0 Å². The molecule has 0 amide bonds. The van der Waals surface area contributed by atoms with Crippen molar-refractivity contribution in [3.8, 4) is 5.75 Å². The lowest BCUT2D eigenvalue weighted by molar-refractivity contribution is 0.167. The molecule has 0 bridgehead atoms. The highest BCUT2D eigenvalue weighted by molar-refractivity contribution is 6.36. The smallest absolute Gasteiger partial charge is 0.133 e. The summed E-state index contributed by atoms with van der Waals surface area (Å²) in [6.07, 6.45) is 1.11. The second-order valence-corrected chi connectivity index (χ2v) is 4.74. The van der Waals surface area contributed by atoms with Gasteiger partial charge in [-0.1, -0.05) is 35.9 Å². The lowest BCUT2D eigenvalue weighted by Crippen LogP contribution is -1.97. The first kappa shape index (κ1) is 10.9. The average molecular weight is 249 g/mol. The van der Waals surface area contributed by atoms with Gasteiger partial charge < -0.3 is 9.84 Å². The summed E-state index contributed by atoms with van der Waals surface area (Å²) >= 11 is 6.25. The van der Waals surface area contributed by atoms with Gasteiger partial charge in [0.1, 0.15) is 5.75 Å². The third kappa shape index (κ3) is 1.78. The van der Waals surface area contributed by atoms with Crippen molar-refractivity contribution >= 4 is 22.4 Å². The summed E-state index contributed by atoms with van der Waals surface area (Å²) in [6.45, 7) is 0.648. The van der Waals surface area contributed by atoms with Crippen LogP contribution in [0, 0.1) is 0 Å². The van der Waals surface area contributed by atoms with Crippen LogP contribution in [-0.4, -0.2) is 11.7 Å². The molecule has 0 radical (unpaired) electrons. The fourth-order valence-corrected chi connectivity index (χ4v) is 2.62. The molecule has 17 heavy (non-hydrogen) atoms. The maximum atomic E-state index is 10.1. The minimum atomic E-state index is -0.477. The van der Waals surface area contributed by atoms with Crippen LogP contribution >= 0.6 is 11.6 Å². The zero-order valence-corrected chi connectivity index (χ0v) is 10.1. The number of hydrogen-bond donors (Lipinski definition) is 1. The third-order valence-corrected chi connectivity index (χ3v) is 3.51. The molecule has 0 spiro atoms. The standard InChI is InChI=1S/C14H13ClO2/c15-12-8-11-13(16)6-3-7-17-14(11)10-5-2-1-4-9(10)12/h1-2,4-5,8,13,16H,3,6-7H2/t13-/m0/s1. The number of fused-ring (bicyclic) bond motifs is 3. The van der Waals surface area contributed by atoms with Gasteiger partial charge in [0.05, 0.1) is 12.7 Å². The van der Waals surface area contributed by atoms with E-state index in [2.05, 4.69) is 0 Å². The van der Waals surface area contributed by atoms with Gasteiger partial charge in [0.25, 0.3) is 0 Å². The van der Waals surface area contributed by atoms with Crippen LogP contribution in [0.3, 0.4) is 0 Å². The van der Waals surface area contributed by atoms with Crippen molar-refractivity contribution in [1.29, 1.82) is 0 Å². The minimum absolute atomic E-state index is 0.477. The number of aliphatic hydroxyl groups excluding tert-OH is 1. The van der Waals surface area contributed by atoms with Crippen LogP contribution < -0.4 is 4.74 Å². The fraction of sp³-hybridized carbons (Fsp3) is 0.286. The van der Waals surface area contributed by atoms with Gasteiger partial charge in [0, 0.05) is 21.4 Å². The average Bonchev–Trinajstić information content (AvgIpc) is 2.53. The summed E-state index contributed by atoms with van der Waals surface area (Å²) in [4.78, 5) is 0. The highest BCUT2D eigenvalue weighted by Crippen LogP contribution is 2.40. The Morgan fingerprint density at radius 1 is 1.24 bits per heavy atom. The summed E-state index contributed by atoms with van der Waals surface area (Å²) in [5.74, 6) is 0.787. The Morgan fingerprint density at radius 3 is 2.82 bits per heavy atom. The molecule has 0 saturated carbocycles. The molecule has 1 heterocycles. The van der Waals surface area contributed by atoms with Crippen LogP contribution in [0.5, 0.6) is 5.75 Å². The van der Waals surface area contributed by atoms with E-state index in [1.54, 1.807) is 0 Å². The number of halogens is 1. The Morgan fingerprint density at radius 2 is 2.00 bits per heavy atom. The summed E-state index contributed by atoms with van der Waals surface area (Å²) in [5, 5.41) is 12.7. The number of benzene rings is 2. The first-order valence-electron chi connectivity index (χ1n) is 5.79. The van der Waals surface area contributed by atoms with E-state index in [1.807, 2.05) is 30.3 Å². The van der Waals surface area contributed by atoms with E-state index >= 15 is 0 Å². The Kier molecular flexibility index (Phi) is 2.69. The van der Waals surface area contributed by atoms with E-state index in [4.69, 9.17) is 16.3 Å². The van der Waals surface area contributed by atoms with Crippen LogP contribution in [-0.2, 0) is 0 Å². The number of hydrogen-bond acceptors (Lipinski definition) is 2. The van der Waals surface area contributed by atoms with E-state index in [-0.39, 0.29) is 0 Å². The van der Waals surface area contributed by atoms with Gasteiger partial charge in [-0.05, 0) is 18.9 Å². The lowest BCUT2D eigenvalue weighted by atomic mass is 10.00. The summed E-state index contributed by atoms with van der Waals surface area (Å²) in [6, 6.07) is 9.69. The Bertz CT molecular complexity index is 565. The highest BCUT2D eigenvalue weighted by atomic mass is 35.5. The van der Waals surface area contributed by atoms with E-state index in [1.165, 1.54) is 0 Å². The summed E-state index contributed by atoms with van der Waals surface area (Å²) in [7, 11) is 0.